The van der Waals surface area contributed by atoms with Gasteiger partial charge in [0, 0.05) is 30.9 Å². The van der Waals surface area contributed by atoms with Crippen molar-refractivity contribution in [3.05, 3.63) is 42.4 Å². The average Bonchev–Trinajstić information content (AvgIpc) is 3.22. The van der Waals surface area contributed by atoms with Crippen LogP contribution in [0.15, 0.2) is 41.0 Å². The first-order valence-electron chi connectivity index (χ1n) is 8.99. The molecule has 1 atom stereocenters. The van der Waals surface area contributed by atoms with Crippen LogP contribution in [-0.2, 0) is 0 Å². The number of urea groups is 1. The molecule has 1 saturated heterocycles. The van der Waals surface area contributed by atoms with Crippen LogP contribution in [0.5, 0.6) is 11.5 Å². The summed E-state index contributed by atoms with van der Waals surface area (Å²) in [6, 6.07) is 8.18. The zero-order valence-corrected chi connectivity index (χ0v) is 14.8. The number of fused-ring (bicyclic) bond motifs is 1. The van der Waals surface area contributed by atoms with E-state index in [1.54, 1.807) is 35.2 Å². The number of piperidine rings is 1. The van der Waals surface area contributed by atoms with Gasteiger partial charge in [0.15, 0.2) is 17.3 Å². The number of benzene rings is 1. The van der Waals surface area contributed by atoms with Gasteiger partial charge in [-0.15, -0.1) is 0 Å². The van der Waals surface area contributed by atoms with Gasteiger partial charge in [-0.25, -0.2) is 4.79 Å². The lowest BCUT2D eigenvalue weighted by molar-refractivity contribution is 0.0666. The molecule has 27 heavy (non-hydrogen) atoms. The van der Waals surface area contributed by atoms with E-state index < -0.39 is 0 Å². The molecule has 0 spiro atoms. The van der Waals surface area contributed by atoms with Crippen LogP contribution in [0.2, 0.25) is 0 Å². The molecule has 1 fully saturated rings. The zero-order chi connectivity index (χ0) is 18.6. The Kier molecular flexibility index (Phi) is 4.86. The van der Waals surface area contributed by atoms with E-state index in [0.29, 0.717) is 49.2 Å². The molecule has 1 aromatic carbocycles. The average molecular weight is 371 g/mol. The molecule has 8 heteroatoms. The number of hydrogen-bond acceptors (Lipinski definition) is 5. The summed E-state index contributed by atoms with van der Waals surface area (Å²) in [5, 5.41) is 5.73. The minimum atomic E-state index is -0.316. The first-order valence-corrected chi connectivity index (χ1v) is 8.99. The Morgan fingerprint density at radius 3 is 2.78 bits per heavy atom. The van der Waals surface area contributed by atoms with Crippen molar-refractivity contribution in [1.82, 2.24) is 10.2 Å². The van der Waals surface area contributed by atoms with E-state index in [1.807, 2.05) is 0 Å². The zero-order valence-electron chi connectivity index (χ0n) is 14.8. The Bertz CT molecular complexity index is 821. The molecule has 2 aromatic rings. The quantitative estimate of drug-likeness (QED) is 0.865. The van der Waals surface area contributed by atoms with Crippen molar-refractivity contribution >= 4 is 17.6 Å². The van der Waals surface area contributed by atoms with Crippen LogP contribution in [-0.4, -0.2) is 49.2 Å². The Morgan fingerprint density at radius 1 is 1.11 bits per heavy atom. The van der Waals surface area contributed by atoms with E-state index in [-0.39, 0.29) is 18.0 Å². The van der Waals surface area contributed by atoms with E-state index in [0.717, 1.165) is 12.8 Å². The van der Waals surface area contributed by atoms with Crippen molar-refractivity contribution in [3.8, 4) is 11.5 Å². The lowest BCUT2D eigenvalue weighted by atomic mass is 10.1. The lowest BCUT2D eigenvalue weighted by Crippen LogP contribution is -2.50. The number of carbonyl (C=O) groups is 2. The number of anilines is 1. The monoisotopic (exact) mass is 371 g/mol. The van der Waals surface area contributed by atoms with Crippen LogP contribution in [0.4, 0.5) is 10.5 Å². The molecule has 0 radical (unpaired) electrons. The fourth-order valence-electron chi connectivity index (χ4n) is 3.31. The van der Waals surface area contributed by atoms with Gasteiger partial charge in [0.2, 0.25) is 0 Å². The Hall–Kier alpha value is -3.16. The number of nitrogens with one attached hydrogen (secondary N) is 2. The third kappa shape index (κ3) is 3.99. The standard InChI is InChI=1S/C19H21N3O5/c23-18(16-4-2-8-25-16)22-7-1-3-14(12-22)21-19(24)20-13-5-6-15-17(11-13)27-10-9-26-15/h2,4-6,8,11,14H,1,3,7,9-10,12H2,(H2,20,21,24)/t14-/m1/s1. The van der Waals surface area contributed by atoms with Crippen LogP contribution < -0.4 is 20.1 Å². The summed E-state index contributed by atoms with van der Waals surface area (Å²) in [4.78, 5) is 26.4. The summed E-state index contributed by atoms with van der Waals surface area (Å²) in [5.74, 6) is 1.45. The minimum Gasteiger partial charge on any atom is -0.486 e. The SMILES string of the molecule is O=C(Nc1ccc2c(c1)OCCO2)N[C@@H]1CCCN(C(=O)c2ccco2)C1. The topological polar surface area (TPSA) is 93.0 Å². The van der Waals surface area contributed by atoms with Gasteiger partial charge in [-0.1, -0.05) is 0 Å². The van der Waals surface area contributed by atoms with E-state index >= 15 is 0 Å². The summed E-state index contributed by atoms with van der Waals surface area (Å²) in [6.45, 7) is 2.12. The third-order valence-corrected chi connectivity index (χ3v) is 4.58. The molecule has 0 saturated carbocycles. The van der Waals surface area contributed by atoms with Crippen LogP contribution >= 0.6 is 0 Å². The maximum atomic E-state index is 12.4. The van der Waals surface area contributed by atoms with Gasteiger partial charge >= 0.3 is 6.03 Å². The third-order valence-electron chi connectivity index (χ3n) is 4.58. The summed E-state index contributed by atoms with van der Waals surface area (Å²) < 4.78 is 16.2. The van der Waals surface area contributed by atoms with Crippen molar-refractivity contribution < 1.29 is 23.5 Å². The lowest BCUT2D eigenvalue weighted by Gasteiger charge is -2.32. The van der Waals surface area contributed by atoms with Crippen molar-refractivity contribution in [2.75, 3.05) is 31.6 Å². The highest BCUT2D eigenvalue weighted by atomic mass is 16.6. The molecular weight excluding hydrogens is 350 g/mol. The molecular formula is C19H21N3O5. The fourth-order valence-corrected chi connectivity index (χ4v) is 3.31. The Labute approximate surface area is 156 Å². The summed E-state index contributed by atoms with van der Waals surface area (Å²) >= 11 is 0. The molecule has 142 valence electrons. The van der Waals surface area contributed by atoms with Crippen LogP contribution in [0, 0.1) is 0 Å². The molecule has 4 rings (SSSR count). The molecule has 3 amide bonds. The van der Waals surface area contributed by atoms with Gasteiger partial charge in [-0.2, -0.15) is 0 Å². The minimum absolute atomic E-state index is 0.116. The predicted molar refractivity (Wildman–Crippen MR) is 97.2 cm³/mol. The second-order valence-electron chi connectivity index (χ2n) is 6.52. The van der Waals surface area contributed by atoms with Crippen molar-refractivity contribution in [2.45, 2.75) is 18.9 Å². The van der Waals surface area contributed by atoms with Crippen LogP contribution in [0.1, 0.15) is 23.4 Å². The van der Waals surface area contributed by atoms with Crippen molar-refractivity contribution in [2.24, 2.45) is 0 Å². The fraction of sp³-hybridized carbons (Fsp3) is 0.368. The Balaban J connectivity index is 1.33. The van der Waals surface area contributed by atoms with Gasteiger partial charge in [0.05, 0.1) is 6.26 Å². The van der Waals surface area contributed by atoms with Gasteiger partial charge in [0.25, 0.3) is 5.91 Å². The molecule has 2 aliphatic rings. The second-order valence-corrected chi connectivity index (χ2v) is 6.52. The molecule has 1 aromatic heterocycles. The number of amides is 3. The first kappa shape index (κ1) is 17.3. The van der Waals surface area contributed by atoms with Crippen molar-refractivity contribution in [1.29, 1.82) is 0 Å². The van der Waals surface area contributed by atoms with Gasteiger partial charge in [-0.05, 0) is 37.1 Å². The summed E-state index contributed by atoms with van der Waals surface area (Å²) in [7, 11) is 0. The van der Waals surface area contributed by atoms with E-state index in [1.165, 1.54) is 6.26 Å². The number of carbonyl (C=O) groups excluding carboxylic acids is 2. The largest absolute Gasteiger partial charge is 0.486 e. The maximum Gasteiger partial charge on any atom is 0.319 e. The number of nitrogens with zero attached hydrogens (tertiary/aromatic N) is 1. The first-order chi connectivity index (χ1) is 13.2. The highest BCUT2D eigenvalue weighted by molar-refractivity contribution is 5.92. The molecule has 3 heterocycles. The molecule has 8 nitrogen and oxygen atoms in total. The number of rotatable bonds is 3. The second kappa shape index (κ2) is 7.61. The smallest absolute Gasteiger partial charge is 0.319 e. The normalized spacial score (nSPS) is 18.7. The number of ether oxygens (including phenoxy) is 2. The highest BCUT2D eigenvalue weighted by Gasteiger charge is 2.26. The van der Waals surface area contributed by atoms with Gasteiger partial charge < -0.3 is 29.4 Å². The number of furan rings is 1. The molecule has 2 N–H and O–H groups in total. The number of likely N-dealkylation sites (tertiary alicyclic amines) is 1. The van der Waals surface area contributed by atoms with Crippen molar-refractivity contribution in [3.63, 3.8) is 0 Å². The maximum absolute atomic E-state index is 12.4. The van der Waals surface area contributed by atoms with E-state index in [4.69, 9.17) is 13.9 Å². The molecule has 0 bridgehead atoms. The molecule has 0 aliphatic carbocycles. The molecule has 0 unspecified atom stereocenters. The van der Waals surface area contributed by atoms with Gasteiger partial charge in [-0.3, -0.25) is 4.79 Å². The highest BCUT2D eigenvalue weighted by Crippen LogP contribution is 2.32. The van der Waals surface area contributed by atoms with E-state index in [2.05, 4.69) is 10.6 Å². The van der Waals surface area contributed by atoms with Gasteiger partial charge in [0.1, 0.15) is 13.2 Å². The van der Waals surface area contributed by atoms with Crippen LogP contribution in [0.3, 0.4) is 0 Å². The molecule has 2 aliphatic heterocycles. The number of hydrogen-bond donors (Lipinski definition) is 2. The predicted octanol–water partition coefficient (Wildman–Crippen LogP) is 2.48. The Morgan fingerprint density at radius 2 is 1.96 bits per heavy atom. The van der Waals surface area contributed by atoms with E-state index in [9.17, 15) is 9.59 Å². The van der Waals surface area contributed by atoms with Crippen LogP contribution in [0.25, 0.3) is 0 Å². The summed E-state index contributed by atoms with van der Waals surface area (Å²) in [5.41, 5.74) is 0.621. The summed E-state index contributed by atoms with van der Waals surface area (Å²) in [6.07, 6.45) is 3.12.